The molecule has 0 aromatic heterocycles. The molecule has 0 saturated carbocycles. The smallest absolute Gasteiger partial charge is 0.328 e. The fourth-order valence-electron chi connectivity index (χ4n) is 2.72. The van der Waals surface area contributed by atoms with Crippen LogP contribution in [0.4, 0.5) is 0 Å². The van der Waals surface area contributed by atoms with Crippen LogP contribution in [0.5, 0.6) is 0 Å². The molecular formula is C20H22O2. The maximum Gasteiger partial charge on any atom is 0.328 e. The highest BCUT2D eigenvalue weighted by molar-refractivity contribution is 5.81. The van der Waals surface area contributed by atoms with Crippen molar-refractivity contribution in [1.29, 1.82) is 0 Å². The molecule has 2 nitrogen and oxygen atoms in total. The van der Waals surface area contributed by atoms with Gasteiger partial charge < -0.3 is 5.11 Å². The van der Waals surface area contributed by atoms with Crippen LogP contribution in [0.1, 0.15) is 37.8 Å². The molecule has 1 aromatic rings. The number of benzene rings is 1. The molecule has 1 N–H and O–H groups in total. The predicted octanol–water partition coefficient (Wildman–Crippen LogP) is 4.94. The highest BCUT2D eigenvalue weighted by Crippen LogP contribution is 2.31. The van der Waals surface area contributed by atoms with Crippen LogP contribution in [-0.4, -0.2) is 11.1 Å². The van der Waals surface area contributed by atoms with Gasteiger partial charge in [-0.3, -0.25) is 0 Å². The van der Waals surface area contributed by atoms with Crippen molar-refractivity contribution in [3.05, 3.63) is 76.9 Å². The zero-order valence-electron chi connectivity index (χ0n) is 13.2. The van der Waals surface area contributed by atoms with E-state index in [-0.39, 0.29) is 0 Å². The Kier molecular flexibility index (Phi) is 5.54. The molecule has 1 aliphatic carbocycles. The van der Waals surface area contributed by atoms with E-state index in [1.54, 1.807) is 6.92 Å². The molecular weight excluding hydrogens is 272 g/mol. The standard InChI is InChI=1S/C20H22O2/c1-15(7-5-8-16(2)14-20(21)22)13-18-11-6-10-17-9-3-4-12-19(17)18/h3-5,7-9,12-14H,6,10-11H2,1-2H3,(H,21,22)/b8-5+,15-7-,16-14+,18-13?. The molecule has 0 radical (unpaired) electrons. The number of allylic oxidation sites excluding steroid dienone is 7. The third-order valence-electron chi connectivity index (χ3n) is 3.73. The molecule has 0 heterocycles. The summed E-state index contributed by atoms with van der Waals surface area (Å²) < 4.78 is 0. The predicted molar refractivity (Wildman–Crippen MR) is 91.6 cm³/mol. The average Bonchev–Trinajstić information content (AvgIpc) is 2.47. The Bertz CT molecular complexity index is 673. The van der Waals surface area contributed by atoms with Crippen molar-refractivity contribution in [2.45, 2.75) is 33.1 Å². The normalized spacial score (nSPS) is 17.8. The fourth-order valence-corrected chi connectivity index (χ4v) is 2.72. The van der Waals surface area contributed by atoms with Gasteiger partial charge >= 0.3 is 5.97 Å². The first-order valence-electron chi connectivity index (χ1n) is 7.61. The SMILES string of the molecule is C/C(C=C1CCCc2ccccc21)=C/C=C/C(C)=C/C(=O)O. The summed E-state index contributed by atoms with van der Waals surface area (Å²) in [4.78, 5) is 10.6. The largest absolute Gasteiger partial charge is 0.478 e. The van der Waals surface area contributed by atoms with Crippen molar-refractivity contribution in [2.24, 2.45) is 0 Å². The number of rotatable bonds is 4. The van der Waals surface area contributed by atoms with E-state index in [9.17, 15) is 4.79 Å². The van der Waals surface area contributed by atoms with Crippen LogP contribution in [0.3, 0.4) is 0 Å². The molecule has 0 atom stereocenters. The Morgan fingerprint density at radius 2 is 1.91 bits per heavy atom. The summed E-state index contributed by atoms with van der Waals surface area (Å²) >= 11 is 0. The molecule has 114 valence electrons. The zero-order chi connectivity index (χ0) is 15.9. The maximum atomic E-state index is 10.6. The summed E-state index contributed by atoms with van der Waals surface area (Å²) in [6.45, 7) is 3.86. The number of hydrogen-bond acceptors (Lipinski definition) is 1. The van der Waals surface area contributed by atoms with E-state index in [4.69, 9.17) is 5.11 Å². The summed E-state index contributed by atoms with van der Waals surface area (Å²) in [5.74, 6) is -0.913. The lowest BCUT2D eigenvalue weighted by molar-refractivity contribution is -0.131. The van der Waals surface area contributed by atoms with Crippen LogP contribution in [-0.2, 0) is 11.2 Å². The first kappa shape index (κ1) is 16.0. The Morgan fingerprint density at radius 3 is 2.68 bits per heavy atom. The van der Waals surface area contributed by atoms with Gasteiger partial charge in [-0.2, -0.15) is 0 Å². The first-order valence-corrected chi connectivity index (χ1v) is 7.61. The van der Waals surface area contributed by atoms with Gasteiger partial charge in [0.05, 0.1) is 0 Å². The van der Waals surface area contributed by atoms with Crippen molar-refractivity contribution in [1.82, 2.24) is 0 Å². The summed E-state index contributed by atoms with van der Waals surface area (Å²) in [6, 6.07) is 8.60. The molecule has 0 unspecified atom stereocenters. The Balaban J connectivity index is 2.15. The van der Waals surface area contributed by atoms with Gasteiger partial charge in [-0.05, 0) is 55.4 Å². The second kappa shape index (κ2) is 7.60. The molecule has 1 aromatic carbocycles. The quantitative estimate of drug-likeness (QED) is 0.631. The van der Waals surface area contributed by atoms with Crippen LogP contribution >= 0.6 is 0 Å². The van der Waals surface area contributed by atoms with Crippen molar-refractivity contribution in [3.63, 3.8) is 0 Å². The lowest BCUT2D eigenvalue weighted by Gasteiger charge is -2.18. The van der Waals surface area contributed by atoms with Gasteiger partial charge in [-0.15, -0.1) is 0 Å². The highest BCUT2D eigenvalue weighted by atomic mass is 16.4. The third kappa shape index (κ3) is 4.59. The second-order valence-corrected chi connectivity index (χ2v) is 5.68. The highest BCUT2D eigenvalue weighted by Gasteiger charge is 2.12. The molecule has 0 aliphatic heterocycles. The van der Waals surface area contributed by atoms with Crippen LogP contribution in [0.15, 0.2) is 65.8 Å². The topological polar surface area (TPSA) is 37.3 Å². The van der Waals surface area contributed by atoms with Gasteiger partial charge in [0.25, 0.3) is 0 Å². The van der Waals surface area contributed by atoms with E-state index in [1.165, 1.54) is 34.8 Å². The minimum Gasteiger partial charge on any atom is -0.478 e. The van der Waals surface area contributed by atoms with E-state index < -0.39 is 5.97 Å². The Hall–Kier alpha value is -2.35. The van der Waals surface area contributed by atoms with Gasteiger partial charge in [-0.25, -0.2) is 4.79 Å². The molecule has 0 bridgehead atoms. The van der Waals surface area contributed by atoms with Crippen LogP contribution in [0.25, 0.3) is 5.57 Å². The van der Waals surface area contributed by atoms with Gasteiger partial charge in [0.2, 0.25) is 0 Å². The molecule has 2 rings (SSSR count). The van der Waals surface area contributed by atoms with Crippen molar-refractivity contribution < 1.29 is 9.90 Å². The van der Waals surface area contributed by atoms with Crippen LogP contribution < -0.4 is 0 Å². The molecule has 2 heteroatoms. The average molecular weight is 294 g/mol. The van der Waals surface area contributed by atoms with E-state index >= 15 is 0 Å². The van der Waals surface area contributed by atoms with E-state index in [0.29, 0.717) is 0 Å². The number of aliphatic carboxylic acids is 1. The molecule has 0 fully saturated rings. The summed E-state index contributed by atoms with van der Waals surface area (Å²) in [5.41, 5.74) is 6.09. The molecule has 0 amide bonds. The summed E-state index contributed by atoms with van der Waals surface area (Å²) in [5, 5.41) is 8.67. The van der Waals surface area contributed by atoms with Crippen LogP contribution in [0.2, 0.25) is 0 Å². The molecule has 22 heavy (non-hydrogen) atoms. The van der Waals surface area contributed by atoms with Gasteiger partial charge in [-0.1, -0.05) is 54.1 Å². The van der Waals surface area contributed by atoms with E-state index in [1.807, 2.05) is 18.2 Å². The van der Waals surface area contributed by atoms with Gasteiger partial charge in [0.1, 0.15) is 0 Å². The number of fused-ring (bicyclic) bond motifs is 1. The molecule has 0 saturated heterocycles. The number of aryl methyl sites for hydroxylation is 1. The van der Waals surface area contributed by atoms with E-state index in [0.717, 1.165) is 18.4 Å². The third-order valence-corrected chi connectivity index (χ3v) is 3.73. The minimum atomic E-state index is -0.913. The van der Waals surface area contributed by atoms with Crippen LogP contribution in [0, 0.1) is 0 Å². The summed E-state index contributed by atoms with van der Waals surface area (Å²) in [7, 11) is 0. The number of hydrogen-bond donors (Lipinski definition) is 1. The van der Waals surface area contributed by atoms with Crippen molar-refractivity contribution in [2.75, 3.05) is 0 Å². The number of carboxylic acids is 1. The van der Waals surface area contributed by atoms with Crippen molar-refractivity contribution >= 4 is 11.5 Å². The maximum absolute atomic E-state index is 10.6. The first-order chi connectivity index (χ1) is 10.6. The summed E-state index contributed by atoms with van der Waals surface area (Å²) in [6.07, 6.45) is 12.6. The minimum absolute atomic E-state index is 0.729. The van der Waals surface area contributed by atoms with Crippen molar-refractivity contribution in [3.8, 4) is 0 Å². The molecule has 1 aliphatic rings. The Morgan fingerprint density at radius 1 is 1.14 bits per heavy atom. The van der Waals surface area contributed by atoms with E-state index in [2.05, 4.69) is 37.3 Å². The van der Waals surface area contributed by atoms with Gasteiger partial charge in [0, 0.05) is 6.08 Å². The van der Waals surface area contributed by atoms with Gasteiger partial charge in [0.15, 0.2) is 0 Å². The monoisotopic (exact) mass is 294 g/mol. The number of carbonyl (C=O) groups is 1. The molecule has 0 spiro atoms. The lowest BCUT2D eigenvalue weighted by Crippen LogP contribution is -2.01. The zero-order valence-corrected chi connectivity index (χ0v) is 13.2. The fraction of sp³-hybridized carbons (Fsp3) is 0.250. The Labute approximate surface area is 132 Å². The second-order valence-electron chi connectivity index (χ2n) is 5.68. The number of carboxylic acid groups (broad SMARTS) is 1. The lowest BCUT2D eigenvalue weighted by atomic mass is 9.86.